The van der Waals surface area contributed by atoms with E-state index in [0.29, 0.717) is 6.61 Å². The smallest absolute Gasteiger partial charge is 0.253 e. The van der Waals surface area contributed by atoms with Gasteiger partial charge in [-0.25, -0.2) is 0 Å². The molecule has 1 N–H and O–H groups in total. The minimum atomic E-state index is -0.321. The molecule has 1 atom stereocenters. The fraction of sp³-hybridized carbons (Fsp3) is 0.235. The third-order valence-corrected chi connectivity index (χ3v) is 3.92. The summed E-state index contributed by atoms with van der Waals surface area (Å²) < 4.78 is 12.1. The number of ether oxygens (including phenoxy) is 2. The molecule has 0 aromatic heterocycles. The summed E-state index contributed by atoms with van der Waals surface area (Å²) in [7, 11) is 0. The normalized spacial score (nSPS) is 17.2. The maximum Gasteiger partial charge on any atom is 0.253 e. The highest BCUT2D eigenvalue weighted by atomic mass is 79.9. The zero-order valence-electron chi connectivity index (χ0n) is 11.9. The molecule has 0 saturated carbocycles. The van der Waals surface area contributed by atoms with Crippen LogP contribution < -0.4 is 10.1 Å². The van der Waals surface area contributed by atoms with Gasteiger partial charge in [0.15, 0.2) is 0 Å². The number of amides is 1. The zero-order chi connectivity index (χ0) is 15.4. The summed E-state index contributed by atoms with van der Waals surface area (Å²) in [5.74, 6) is 1.40. The fourth-order valence-corrected chi connectivity index (χ4v) is 2.52. The zero-order valence-corrected chi connectivity index (χ0v) is 13.5. The van der Waals surface area contributed by atoms with Crippen molar-refractivity contribution in [3.63, 3.8) is 0 Å². The molecule has 1 heterocycles. The molecule has 0 aliphatic carbocycles. The van der Waals surface area contributed by atoms with Gasteiger partial charge in [-0.15, -0.1) is 0 Å². The molecule has 3 rings (SSSR count). The van der Waals surface area contributed by atoms with E-state index in [2.05, 4.69) is 21.2 Å². The molecule has 5 heteroatoms. The molecule has 1 saturated heterocycles. The van der Waals surface area contributed by atoms with Gasteiger partial charge in [-0.2, -0.15) is 0 Å². The summed E-state index contributed by atoms with van der Waals surface area (Å²) in [4.78, 5) is 12.0. The van der Waals surface area contributed by atoms with E-state index in [1.54, 1.807) is 0 Å². The number of anilines is 1. The summed E-state index contributed by atoms with van der Waals surface area (Å²) in [5, 5.41) is 2.86. The van der Waals surface area contributed by atoms with Gasteiger partial charge < -0.3 is 14.8 Å². The van der Waals surface area contributed by atoms with Gasteiger partial charge in [0.25, 0.3) is 5.91 Å². The minimum absolute atomic E-state index is 0.0842. The number of nitrogens with one attached hydrogen (secondary N) is 1. The molecule has 2 aromatic rings. The lowest BCUT2D eigenvalue weighted by molar-refractivity contribution is -0.124. The van der Waals surface area contributed by atoms with Crippen molar-refractivity contribution >= 4 is 27.5 Å². The van der Waals surface area contributed by atoms with Gasteiger partial charge >= 0.3 is 0 Å². The number of halogens is 1. The molecule has 1 amide bonds. The van der Waals surface area contributed by atoms with Gasteiger partial charge in [-0.3, -0.25) is 4.79 Å². The Morgan fingerprint density at radius 2 is 1.73 bits per heavy atom. The highest BCUT2D eigenvalue weighted by Gasteiger charge is 2.23. The van der Waals surface area contributed by atoms with E-state index in [0.717, 1.165) is 34.5 Å². The molecular formula is C17H16BrNO3. The number of carbonyl (C=O) groups excluding carboxylic acids is 1. The predicted octanol–water partition coefficient (Wildman–Crippen LogP) is 4.36. The Kier molecular flexibility index (Phi) is 4.75. The van der Waals surface area contributed by atoms with E-state index in [4.69, 9.17) is 9.47 Å². The molecule has 1 aliphatic heterocycles. The number of carbonyl (C=O) groups is 1. The summed E-state index contributed by atoms with van der Waals surface area (Å²) in [5.41, 5.74) is 0.739. The monoisotopic (exact) mass is 361 g/mol. The Labute approximate surface area is 137 Å². The van der Waals surface area contributed by atoms with Gasteiger partial charge in [-0.05, 0) is 61.4 Å². The Hall–Kier alpha value is -1.85. The maximum atomic E-state index is 12.0. The Bertz CT molecular complexity index is 634. The number of benzene rings is 2. The lowest BCUT2D eigenvalue weighted by Gasteiger charge is -2.11. The molecule has 1 aliphatic rings. The molecule has 0 bridgehead atoms. The van der Waals surface area contributed by atoms with Crippen LogP contribution >= 0.6 is 15.9 Å². The minimum Gasteiger partial charge on any atom is -0.457 e. The van der Waals surface area contributed by atoms with E-state index in [-0.39, 0.29) is 12.0 Å². The van der Waals surface area contributed by atoms with Gasteiger partial charge in [0, 0.05) is 16.8 Å². The van der Waals surface area contributed by atoms with Crippen LogP contribution in [0.4, 0.5) is 5.69 Å². The van der Waals surface area contributed by atoms with Crippen molar-refractivity contribution < 1.29 is 14.3 Å². The van der Waals surface area contributed by atoms with E-state index in [1.165, 1.54) is 0 Å². The largest absolute Gasteiger partial charge is 0.457 e. The lowest BCUT2D eigenvalue weighted by Crippen LogP contribution is -2.26. The fourth-order valence-electron chi connectivity index (χ4n) is 2.25. The average Bonchev–Trinajstić information content (AvgIpc) is 3.06. The molecule has 22 heavy (non-hydrogen) atoms. The summed E-state index contributed by atoms with van der Waals surface area (Å²) in [6.07, 6.45) is 1.41. The van der Waals surface area contributed by atoms with Crippen LogP contribution in [0, 0.1) is 0 Å². The number of rotatable bonds is 4. The van der Waals surface area contributed by atoms with Crippen LogP contribution in [-0.2, 0) is 9.53 Å². The quantitative estimate of drug-likeness (QED) is 0.879. The Morgan fingerprint density at radius 3 is 2.32 bits per heavy atom. The first-order chi connectivity index (χ1) is 10.7. The van der Waals surface area contributed by atoms with Crippen molar-refractivity contribution in [1.82, 2.24) is 0 Å². The van der Waals surface area contributed by atoms with Crippen LogP contribution in [0.1, 0.15) is 12.8 Å². The summed E-state index contributed by atoms with van der Waals surface area (Å²) >= 11 is 3.39. The highest BCUT2D eigenvalue weighted by molar-refractivity contribution is 9.10. The number of hydrogen-bond donors (Lipinski definition) is 1. The molecule has 1 fully saturated rings. The molecule has 0 spiro atoms. The van der Waals surface area contributed by atoms with Crippen molar-refractivity contribution in [2.45, 2.75) is 18.9 Å². The molecule has 114 valence electrons. The first-order valence-corrected chi connectivity index (χ1v) is 7.96. The molecule has 0 unspecified atom stereocenters. The molecular weight excluding hydrogens is 346 g/mol. The van der Waals surface area contributed by atoms with Crippen LogP contribution in [0.15, 0.2) is 53.0 Å². The van der Waals surface area contributed by atoms with E-state index >= 15 is 0 Å². The first kappa shape index (κ1) is 15.1. The van der Waals surface area contributed by atoms with Gasteiger partial charge in [0.2, 0.25) is 0 Å². The van der Waals surface area contributed by atoms with Crippen LogP contribution in [0.25, 0.3) is 0 Å². The summed E-state index contributed by atoms with van der Waals surface area (Å²) in [6, 6.07) is 14.9. The molecule has 0 radical (unpaired) electrons. The van der Waals surface area contributed by atoms with Crippen molar-refractivity contribution in [2.75, 3.05) is 11.9 Å². The standard InChI is InChI=1S/C17H16BrNO3/c18-12-3-7-14(8-4-12)22-15-9-5-13(6-10-15)19-17(20)16-2-1-11-21-16/h3-10,16H,1-2,11H2,(H,19,20)/t16-/m1/s1. The van der Waals surface area contributed by atoms with Crippen LogP contribution in [0.3, 0.4) is 0 Å². The Morgan fingerprint density at radius 1 is 1.09 bits per heavy atom. The highest BCUT2D eigenvalue weighted by Crippen LogP contribution is 2.25. The maximum absolute atomic E-state index is 12.0. The first-order valence-electron chi connectivity index (χ1n) is 7.17. The lowest BCUT2D eigenvalue weighted by atomic mass is 10.2. The van der Waals surface area contributed by atoms with E-state index < -0.39 is 0 Å². The summed E-state index contributed by atoms with van der Waals surface area (Å²) in [6.45, 7) is 0.665. The topological polar surface area (TPSA) is 47.6 Å². The van der Waals surface area contributed by atoms with E-state index in [1.807, 2.05) is 48.5 Å². The third kappa shape index (κ3) is 3.87. The van der Waals surface area contributed by atoms with Crippen molar-refractivity contribution in [3.05, 3.63) is 53.0 Å². The second-order valence-electron chi connectivity index (χ2n) is 5.07. The predicted molar refractivity (Wildman–Crippen MR) is 88.3 cm³/mol. The van der Waals surface area contributed by atoms with Gasteiger partial charge in [0.05, 0.1) is 0 Å². The van der Waals surface area contributed by atoms with E-state index in [9.17, 15) is 4.79 Å². The Balaban J connectivity index is 1.60. The van der Waals surface area contributed by atoms with Crippen molar-refractivity contribution in [1.29, 1.82) is 0 Å². The third-order valence-electron chi connectivity index (χ3n) is 3.39. The molecule has 4 nitrogen and oxygen atoms in total. The average molecular weight is 362 g/mol. The number of hydrogen-bond acceptors (Lipinski definition) is 3. The molecule has 2 aromatic carbocycles. The van der Waals surface area contributed by atoms with Crippen LogP contribution in [0.5, 0.6) is 11.5 Å². The van der Waals surface area contributed by atoms with Gasteiger partial charge in [-0.1, -0.05) is 15.9 Å². The van der Waals surface area contributed by atoms with Gasteiger partial charge in [0.1, 0.15) is 17.6 Å². The van der Waals surface area contributed by atoms with Crippen molar-refractivity contribution in [3.8, 4) is 11.5 Å². The van der Waals surface area contributed by atoms with Crippen LogP contribution in [-0.4, -0.2) is 18.6 Å². The SMILES string of the molecule is O=C(Nc1ccc(Oc2ccc(Br)cc2)cc1)[C@H]1CCCO1. The second-order valence-corrected chi connectivity index (χ2v) is 5.99. The van der Waals surface area contributed by atoms with Crippen LogP contribution in [0.2, 0.25) is 0 Å². The second kappa shape index (κ2) is 6.94. The van der Waals surface area contributed by atoms with Crippen molar-refractivity contribution in [2.24, 2.45) is 0 Å².